The minimum atomic E-state index is 0.331. The summed E-state index contributed by atoms with van der Waals surface area (Å²) in [7, 11) is 0. The summed E-state index contributed by atoms with van der Waals surface area (Å²) in [6.07, 6.45) is 4.12. The fraction of sp³-hybridized carbons (Fsp3) is 0.500. The van der Waals surface area contributed by atoms with Crippen LogP contribution in [-0.2, 0) is 0 Å². The molecule has 1 heterocycles. The highest BCUT2D eigenvalue weighted by Gasteiger charge is 2.46. The molecule has 4 heteroatoms. The lowest BCUT2D eigenvalue weighted by molar-refractivity contribution is 0.629. The van der Waals surface area contributed by atoms with E-state index in [9.17, 15) is 0 Å². The van der Waals surface area contributed by atoms with Crippen molar-refractivity contribution in [1.82, 2.24) is 9.97 Å². The third-order valence-electron chi connectivity index (χ3n) is 2.66. The van der Waals surface area contributed by atoms with Gasteiger partial charge in [0.25, 0.3) is 0 Å². The molecule has 4 nitrogen and oxygen atoms in total. The molecule has 1 fully saturated rings. The number of rotatable bonds is 2. The third-order valence-corrected chi connectivity index (χ3v) is 2.66. The second kappa shape index (κ2) is 2.95. The Labute approximate surface area is 83.0 Å². The highest BCUT2D eigenvalue weighted by Crippen LogP contribution is 2.46. The van der Waals surface area contributed by atoms with Crippen LogP contribution in [0.2, 0.25) is 0 Å². The van der Waals surface area contributed by atoms with Gasteiger partial charge in [0.1, 0.15) is 23.8 Å². The molecule has 14 heavy (non-hydrogen) atoms. The van der Waals surface area contributed by atoms with Crippen LogP contribution in [0.3, 0.4) is 0 Å². The highest BCUT2D eigenvalue weighted by molar-refractivity contribution is 5.51. The maximum absolute atomic E-state index is 8.81. The van der Waals surface area contributed by atoms with Gasteiger partial charge in [0, 0.05) is 6.04 Å². The summed E-state index contributed by atoms with van der Waals surface area (Å²) in [5.41, 5.74) is 0.840. The Morgan fingerprint density at radius 3 is 2.93 bits per heavy atom. The summed E-state index contributed by atoms with van der Waals surface area (Å²) in [5.74, 6) is 0.651. The van der Waals surface area contributed by atoms with Crippen LogP contribution in [0.25, 0.3) is 0 Å². The molecule has 1 aliphatic rings. The first-order chi connectivity index (χ1) is 6.63. The van der Waals surface area contributed by atoms with Crippen LogP contribution in [0, 0.1) is 16.7 Å². The van der Waals surface area contributed by atoms with Crippen LogP contribution in [-0.4, -0.2) is 16.0 Å². The smallest absolute Gasteiger partial charge is 0.147 e. The van der Waals surface area contributed by atoms with Gasteiger partial charge in [-0.15, -0.1) is 0 Å². The minimum absolute atomic E-state index is 0.331. The number of nitrogens with one attached hydrogen (secondary N) is 1. The molecule has 1 saturated carbocycles. The normalized spacial score (nSPS) is 22.5. The van der Waals surface area contributed by atoms with Gasteiger partial charge in [0.15, 0.2) is 0 Å². The number of aromatic nitrogens is 2. The Morgan fingerprint density at radius 2 is 2.36 bits per heavy atom. The average Bonchev–Trinajstić information content (AvgIpc) is 2.75. The largest absolute Gasteiger partial charge is 0.366 e. The van der Waals surface area contributed by atoms with E-state index in [-0.39, 0.29) is 0 Å². The molecular weight excluding hydrogens is 176 g/mol. The molecule has 0 bridgehead atoms. The van der Waals surface area contributed by atoms with E-state index in [0.29, 0.717) is 22.8 Å². The van der Waals surface area contributed by atoms with Gasteiger partial charge in [-0.05, 0) is 11.8 Å². The number of anilines is 1. The van der Waals surface area contributed by atoms with Crippen molar-refractivity contribution in [2.45, 2.75) is 26.3 Å². The van der Waals surface area contributed by atoms with Gasteiger partial charge in [0.2, 0.25) is 0 Å². The molecule has 0 radical (unpaired) electrons. The van der Waals surface area contributed by atoms with Gasteiger partial charge in [0.05, 0.1) is 6.20 Å². The zero-order chi connectivity index (χ0) is 10.2. The first-order valence-electron chi connectivity index (χ1n) is 4.60. The van der Waals surface area contributed by atoms with Crippen molar-refractivity contribution in [2.24, 2.45) is 5.41 Å². The van der Waals surface area contributed by atoms with Crippen LogP contribution < -0.4 is 5.32 Å². The zero-order valence-corrected chi connectivity index (χ0v) is 8.28. The standard InChI is InChI=1S/C10H12N4/c1-10(2)3-8(10)14-9-7(4-11)5-12-6-13-9/h5-6,8H,3H2,1-2H3,(H,12,13,14). The summed E-state index contributed by atoms with van der Waals surface area (Å²) >= 11 is 0. The van der Waals surface area contributed by atoms with E-state index in [2.05, 4.69) is 35.2 Å². The summed E-state index contributed by atoms with van der Waals surface area (Å²) in [5, 5.41) is 12.1. The van der Waals surface area contributed by atoms with Gasteiger partial charge in [-0.2, -0.15) is 5.26 Å². The average molecular weight is 188 g/mol. The summed E-state index contributed by atoms with van der Waals surface area (Å²) < 4.78 is 0. The molecule has 1 aliphatic carbocycles. The van der Waals surface area contributed by atoms with E-state index < -0.39 is 0 Å². The van der Waals surface area contributed by atoms with Crippen LogP contribution in [0.1, 0.15) is 25.8 Å². The Bertz CT molecular complexity index is 391. The lowest BCUT2D eigenvalue weighted by Crippen LogP contribution is -2.11. The van der Waals surface area contributed by atoms with Crippen molar-refractivity contribution < 1.29 is 0 Å². The van der Waals surface area contributed by atoms with Gasteiger partial charge in [-0.25, -0.2) is 9.97 Å². The fourth-order valence-electron chi connectivity index (χ4n) is 1.41. The van der Waals surface area contributed by atoms with Crippen LogP contribution in [0.4, 0.5) is 5.82 Å². The van der Waals surface area contributed by atoms with Crippen molar-refractivity contribution in [3.05, 3.63) is 18.1 Å². The Hall–Kier alpha value is -1.63. The molecule has 1 unspecified atom stereocenters. The van der Waals surface area contributed by atoms with E-state index in [1.165, 1.54) is 12.5 Å². The fourth-order valence-corrected chi connectivity index (χ4v) is 1.41. The molecule has 0 amide bonds. The first kappa shape index (κ1) is 8.95. The molecule has 0 aromatic carbocycles. The Balaban J connectivity index is 2.15. The second-order valence-corrected chi connectivity index (χ2v) is 4.29. The maximum atomic E-state index is 8.81. The Morgan fingerprint density at radius 1 is 1.64 bits per heavy atom. The predicted octanol–water partition coefficient (Wildman–Crippen LogP) is 1.56. The topological polar surface area (TPSA) is 61.6 Å². The number of nitrogens with zero attached hydrogens (tertiary/aromatic N) is 3. The van der Waals surface area contributed by atoms with Crippen molar-refractivity contribution in [1.29, 1.82) is 5.26 Å². The molecule has 0 saturated heterocycles. The third kappa shape index (κ3) is 1.53. The van der Waals surface area contributed by atoms with Crippen LogP contribution in [0.5, 0.6) is 0 Å². The van der Waals surface area contributed by atoms with E-state index in [1.54, 1.807) is 0 Å². The van der Waals surface area contributed by atoms with Gasteiger partial charge in [-0.3, -0.25) is 0 Å². The molecule has 1 atom stereocenters. The van der Waals surface area contributed by atoms with E-state index in [0.717, 1.165) is 6.42 Å². The van der Waals surface area contributed by atoms with Crippen molar-refractivity contribution in [3.63, 3.8) is 0 Å². The number of nitriles is 1. The number of hydrogen-bond donors (Lipinski definition) is 1. The molecule has 0 aliphatic heterocycles. The van der Waals surface area contributed by atoms with Crippen LogP contribution in [0.15, 0.2) is 12.5 Å². The molecule has 1 aromatic rings. The lowest BCUT2D eigenvalue weighted by Gasteiger charge is -2.07. The molecule has 72 valence electrons. The Kier molecular flexibility index (Phi) is 1.88. The van der Waals surface area contributed by atoms with Crippen molar-refractivity contribution >= 4 is 5.82 Å². The van der Waals surface area contributed by atoms with Gasteiger partial charge in [-0.1, -0.05) is 13.8 Å². The second-order valence-electron chi connectivity index (χ2n) is 4.29. The molecule has 0 spiro atoms. The minimum Gasteiger partial charge on any atom is -0.366 e. The monoisotopic (exact) mass is 188 g/mol. The zero-order valence-electron chi connectivity index (χ0n) is 8.28. The van der Waals surface area contributed by atoms with Crippen molar-refractivity contribution in [2.75, 3.05) is 5.32 Å². The molecule has 2 rings (SSSR count). The lowest BCUT2D eigenvalue weighted by atomic mass is 10.2. The molecular formula is C10H12N4. The summed E-state index contributed by atoms with van der Waals surface area (Å²) in [4.78, 5) is 7.86. The van der Waals surface area contributed by atoms with Crippen molar-refractivity contribution in [3.8, 4) is 6.07 Å². The van der Waals surface area contributed by atoms with Gasteiger partial charge >= 0.3 is 0 Å². The van der Waals surface area contributed by atoms with E-state index in [1.807, 2.05) is 0 Å². The molecule has 1 aromatic heterocycles. The van der Waals surface area contributed by atoms with Crippen LogP contribution >= 0.6 is 0 Å². The SMILES string of the molecule is CC1(C)CC1Nc1ncncc1C#N. The van der Waals surface area contributed by atoms with Gasteiger partial charge < -0.3 is 5.32 Å². The first-order valence-corrected chi connectivity index (χ1v) is 4.60. The molecule has 1 N–H and O–H groups in total. The quantitative estimate of drug-likeness (QED) is 0.765. The summed E-state index contributed by atoms with van der Waals surface area (Å²) in [6.45, 7) is 4.38. The van der Waals surface area contributed by atoms with E-state index >= 15 is 0 Å². The summed E-state index contributed by atoms with van der Waals surface area (Å²) in [6, 6.07) is 2.50. The predicted molar refractivity (Wildman–Crippen MR) is 52.6 cm³/mol. The van der Waals surface area contributed by atoms with E-state index in [4.69, 9.17) is 5.26 Å². The highest BCUT2D eigenvalue weighted by atomic mass is 15.1. The number of hydrogen-bond acceptors (Lipinski definition) is 4. The maximum Gasteiger partial charge on any atom is 0.147 e.